The molecule has 0 radical (unpaired) electrons. The lowest BCUT2D eigenvalue weighted by molar-refractivity contribution is 0.0954. The van der Waals surface area contributed by atoms with Crippen molar-refractivity contribution in [3.8, 4) is 5.75 Å². The van der Waals surface area contributed by atoms with Crippen molar-refractivity contribution in [2.45, 2.75) is 0 Å². The predicted molar refractivity (Wildman–Crippen MR) is 82.3 cm³/mol. The van der Waals surface area contributed by atoms with E-state index in [1.54, 1.807) is 36.4 Å². The summed E-state index contributed by atoms with van der Waals surface area (Å²) in [4.78, 5) is 11.8. The van der Waals surface area contributed by atoms with E-state index in [4.69, 9.17) is 0 Å². The van der Waals surface area contributed by atoms with Gasteiger partial charge in [-0.05, 0) is 46.9 Å². The Morgan fingerprint density at radius 2 is 1.84 bits per heavy atom. The number of rotatable bonds is 3. The van der Waals surface area contributed by atoms with Gasteiger partial charge in [-0.15, -0.1) is 0 Å². The summed E-state index contributed by atoms with van der Waals surface area (Å²) in [6, 6.07) is 14.0. The first-order valence-corrected chi connectivity index (χ1v) is 6.62. The number of hydrogen-bond donors (Lipinski definition) is 2. The average Bonchev–Trinajstić information content (AvgIpc) is 2.41. The topological polar surface area (TPSA) is 61.7 Å². The summed E-state index contributed by atoms with van der Waals surface area (Å²) in [5, 5.41) is 13.4. The Morgan fingerprint density at radius 3 is 2.58 bits per heavy atom. The molecule has 96 valence electrons. The second-order valence-electron chi connectivity index (χ2n) is 3.74. The summed E-state index contributed by atoms with van der Waals surface area (Å²) in [7, 11) is 0. The predicted octanol–water partition coefficient (Wildman–Crippen LogP) is 2.76. The van der Waals surface area contributed by atoms with Crippen LogP contribution in [-0.4, -0.2) is 17.2 Å². The van der Waals surface area contributed by atoms with Crippen molar-refractivity contribution in [1.82, 2.24) is 5.43 Å². The first-order chi connectivity index (χ1) is 9.18. The molecule has 0 spiro atoms. The molecular weight excluding hydrogens is 355 g/mol. The van der Waals surface area contributed by atoms with E-state index >= 15 is 0 Å². The van der Waals surface area contributed by atoms with Gasteiger partial charge in [0.25, 0.3) is 5.91 Å². The number of carbonyl (C=O) groups is 1. The number of hydrazone groups is 1. The van der Waals surface area contributed by atoms with E-state index in [-0.39, 0.29) is 11.7 Å². The van der Waals surface area contributed by atoms with Crippen molar-refractivity contribution in [1.29, 1.82) is 0 Å². The van der Waals surface area contributed by atoms with Crippen LogP contribution in [0.2, 0.25) is 0 Å². The molecule has 4 nitrogen and oxygen atoms in total. The second-order valence-corrected chi connectivity index (χ2v) is 4.90. The number of nitrogens with one attached hydrogen (secondary N) is 1. The molecule has 2 aromatic carbocycles. The van der Waals surface area contributed by atoms with Gasteiger partial charge < -0.3 is 5.11 Å². The monoisotopic (exact) mass is 366 g/mol. The smallest absolute Gasteiger partial charge is 0.272 e. The molecule has 2 rings (SSSR count). The van der Waals surface area contributed by atoms with Gasteiger partial charge in [-0.2, -0.15) is 5.10 Å². The van der Waals surface area contributed by atoms with E-state index in [9.17, 15) is 9.90 Å². The Bertz CT molecular complexity index is 626. The van der Waals surface area contributed by atoms with Crippen LogP contribution < -0.4 is 5.43 Å². The molecule has 2 aromatic rings. The zero-order valence-corrected chi connectivity index (χ0v) is 12.0. The van der Waals surface area contributed by atoms with Crippen molar-refractivity contribution < 1.29 is 9.90 Å². The fourth-order valence-electron chi connectivity index (χ4n) is 1.46. The molecule has 2 N–H and O–H groups in total. The fraction of sp³-hybridized carbons (Fsp3) is 0. The number of nitrogens with zero attached hydrogens (tertiary/aromatic N) is 1. The van der Waals surface area contributed by atoms with Crippen LogP contribution in [0.25, 0.3) is 0 Å². The Morgan fingerprint density at radius 1 is 1.16 bits per heavy atom. The molecule has 19 heavy (non-hydrogen) atoms. The molecule has 5 heteroatoms. The van der Waals surface area contributed by atoms with E-state index in [2.05, 4.69) is 33.1 Å². The molecule has 1 amide bonds. The first kappa shape index (κ1) is 13.5. The second kappa shape index (κ2) is 6.33. The fourth-order valence-corrected chi connectivity index (χ4v) is 2.10. The normalized spacial score (nSPS) is 10.6. The molecule has 0 aliphatic rings. The molecule has 0 aliphatic carbocycles. The van der Waals surface area contributed by atoms with Crippen LogP contribution in [0, 0.1) is 3.57 Å². The molecule has 0 aliphatic heterocycles. The Hall–Kier alpha value is -1.89. The van der Waals surface area contributed by atoms with Crippen LogP contribution in [0.15, 0.2) is 53.6 Å². The third kappa shape index (κ3) is 3.54. The summed E-state index contributed by atoms with van der Waals surface area (Å²) in [6.07, 6.45) is 1.41. The number of carbonyl (C=O) groups excluding carboxylic acids is 1. The third-order valence-electron chi connectivity index (χ3n) is 2.42. The van der Waals surface area contributed by atoms with E-state index in [0.29, 0.717) is 11.1 Å². The molecule has 0 saturated carbocycles. The number of hydrogen-bond acceptors (Lipinski definition) is 3. The molecule has 0 bridgehead atoms. The molecular formula is C14H11IN2O2. The number of amides is 1. The van der Waals surface area contributed by atoms with Crippen LogP contribution >= 0.6 is 22.6 Å². The van der Waals surface area contributed by atoms with Crippen LogP contribution in [0.5, 0.6) is 5.75 Å². The van der Waals surface area contributed by atoms with Crippen LogP contribution in [0.4, 0.5) is 0 Å². The highest BCUT2D eigenvalue weighted by Gasteiger charge is 2.07. The molecule has 0 heterocycles. The third-order valence-corrected chi connectivity index (χ3v) is 3.37. The molecule has 0 fully saturated rings. The zero-order valence-electron chi connectivity index (χ0n) is 9.88. The van der Waals surface area contributed by atoms with E-state index < -0.39 is 0 Å². The molecule has 0 aromatic heterocycles. The summed E-state index contributed by atoms with van der Waals surface area (Å²) < 4.78 is 0.857. The van der Waals surface area contributed by atoms with Gasteiger partial charge in [0.2, 0.25) is 0 Å². The Balaban J connectivity index is 2.06. The van der Waals surface area contributed by atoms with Crippen LogP contribution in [0.3, 0.4) is 0 Å². The van der Waals surface area contributed by atoms with Gasteiger partial charge in [0.15, 0.2) is 0 Å². The maximum Gasteiger partial charge on any atom is 0.272 e. The van der Waals surface area contributed by atoms with Gasteiger partial charge in [0, 0.05) is 9.13 Å². The van der Waals surface area contributed by atoms with Crippen LogP contribution in [0.1, 0.15) is 15.9 Å². The van der Waals surface area contributed by atoms with Crippen molar-refractivity contribution in [2.24, 2.45) is 5.10 Å². The maximum absolute atomic E-state index is 11.8. The number of halogens is 1. The molecule has 0 saturated heterocycles. The zero-order chi connectivity index (χ0) is 13.7. The standard InChI is InChI=1S/C14H11IN2O2/c15-12-7-3-2-6-11(12)14(19)17-16-9-10-5-1-4-8-13(10)18/h1-9,18H,(H,17,19)/b16-9-. The lowest BCUT2D eigenvalue weighted by Crippen LogP contribution is -2.18. The summed E-state index contributed by atoms with van der Waals surface area (Å²) in [5.74, 6) is -0.161. The van der Waals surface area contributed by atoms with Gasteiger partial charge in [-0.25, -0.2) is 5.43 Å². The lowest BCUT2D eigenvalue weighted by atomic mass is 10.2. The van der Waals surface area contributed by atoms with Gasteiger partial charge in [-0.3, -0.25) is 4.79 Å². The van der Waals surface area contributed by atoms with Crippen molar-refractivity contribution in [3.63, 3.8) is 0 Å². The minimum absolute atomic E-state index is 0.120. The lowest BCUT2D eigenvalue weighted by Gasteiger charge is -2.02. The van der Waals surface area contributed by atoms with E-state index in [0.717, 1.165) is 3.57 Å². The van der Waals surface area contributed by atoms with Crippen LogP contribution in [-0.2, 0) is 0 Å². The van der Waals surface area contributed by atoms with Gasteiger partial charge >= 0.3 is 0 Å². The number of phenols is 1. The first-order valence-electron chi connectivity index (χ1n) is 5.54. The number of para-hydroxylation sites is 1. The maximum atomic E-state index is 11.8. The van der Waals surface area contributed by atoms with E-state index in [1.165, 1.54) is 6.21 Å². The Labute approximate surface area is 124 Å². The summed E-state index contributed by atoms with van der Waals surface area (Å²) >= 11 is 2.09. The molecule has 0 unspecified atom stereocenters. The highest BCUT2D eigenvalue weighted by Crippen LogP contribution is 2.13. The van der Waals surface area contributed by atoms with Crippen molar-refractivity contribution in [2.75, 3.05) is 0 Å². The SMILES string of the molecule is O=C(N/N=C\c1ccccc1O)c1ccccc1I. The average molecular weight is 366 g/mol. The Kier molecular flexibility index (Phi) is 4.51. The molecule has 0 atom stereocenters. The largest absolute Gasteiger partial charge is 0.507 e. The van der Waals surface area contributed by atoms with Gasteiger partial charge in [0.1, 0.15) is 5.75 Å². The number of phenolic OH excluding ortho intramolecular Hbond substituents is 1. The van der Waals surface area contributed by atoms with E-state index in [1.807, 2.05) is 12.1 Å². The van der Waals surface area contributed by atoms with Crippen molar-refractivity contribution in [3.05, 3.63) is 63.2 Å². The van der Waals surface area contributed by atoms with Gasteiger partial charge in [0.05, 0.1) is 11.8 Å². The number of benzene rings is 2. The van der Waals surface area contributed by atoms with Gasteiger partial charge in [-0.1, -0.05) is 24.3 Å². The highest BCUT2D eigenvalue weighted by molar-refractivity contribution is 14.1. The van der Waals surface area contributed by atoms with Crippen molar-refractivity contribution >= 4 is 34.7 Å². The highest BCUT2D eigenvalue weighted by atomic mass is 127. The quantitative estimate of drug-likeness (QED) is 0.499. The summed E-state index contributed by atoms with van der Waals surface area (Å²) in [6.45, 7) is 0. The minimum Gasteiger partial charge on any atom is -0.507 e. The summed E-state index contributed by atoms with van der Waals surface area (Å²) in [5.41, 5.74) is 3.54. The minimum atomic E-state index is -0.281. The number of aromatic hydroxyl groups is 1.